The third kappa shape index (κ3) is 14.2. The van der Waals surface area contributed by atoms with Crippen LogP contribution in [-0.2, 0) is 60.9 Å². The van der Waals surface area contributed by atoms with Crippen LogP contribution >= 0.6 is 0 Å². The van der Waals surface area contributed by atoms with E-state index in [4.69, 9.17) is 0 Å². The van der Waals surface area contributed by atoms with Gasteiger partial charge in [-0.1, -0.05) is 44.7 Å². The first-order valence-corrected chi connectivity index (χ1v) is 26.7. The molecule has 2 heterocycles. The molecule has 0 unspecified atom stereocenters. The second-order valence-electron chi connectivity index (χ2n) is 16.8. The molecule has 22 heteroatoms. The molecule has 0 atom stereocenters. The summed E-state index contributed by atoms with van der Waals surface area (Å²) in [4.78, 5) is 26.1. The average molecular weight is 994 g/mol. The lowest BCUT2D eigenvalue weighted by Crippen LogP contribution is -2.32. The first-order chi connectivity index (χ1) is 30.5. The Bertz CT molecular complexity index is 2880. The molecule has 360 valence electrons. The van der Waals surface area contributed by atoms with E-state index in [2.05, 4.69) is 11.9 Å². The Balaban J connectivity index is 1.70. The van der Waals surface area contributed by atoms with Gasteiger partial charge in [-0.05, 0) is 92.8 Å². The van der Waals surface area contributed by atoms with E-state index >= 15 is 0 Å². The first-order valence-electron chi connectivity index (χ1n) is 20.6. The molecule has 0 radical (unpaired) electrons. The Morgan fingerprint density at radius 3 is 2.02 bits per heavy atom. The molecular weight excluding hydrogens is 937 g/mol. The summed E-state index contributed by atoms with van der Waals surface area (Å²) in [5, 5.41) is 2.87. The quantitative estimate of drug-likeness (QED) is 0.0247. The molecule has 0 fully saturated rings. The number of hydrogen-bond acceptors (Lipinski definition) is 12. The largest absolute Gasteiger partial charge is 0.373 e. The van der Waals surface area contributed by atoms with Gasteiger partial charge in [0.2, 0.25) is 11.6 Å². The number of likely N-dealkylation sites (N-methyl/N-ethyl adjacent to an activating group) is 1. The van der Waals surface area contributed by atoms with Crippen LogP contribution in [0.1, 0.15) is 64.5 Å². The molecule has 0 spiro atoms. The van der Waals surface area contributed by atoms with Crippen LogP contribution in [-0.4, -0.2) is 124 Å². The van der Waals surface area contributed by atoms with Gasteiger partial charge in [-0.25, -0.2) is 0 Å². The molecule has 18 nitrogen and oxygen atoms in total. The van der Waals surface area contributed by atoms with E-state index in [0.29, 0.717) is 78.2 Å². The number of nitrogens with zero attached hydrogens (tertiary/aromatic N) is 3. The zero-order valence-electron chi connectivity index (χ0n) is 37.3. The van der Waals surface area contributed by atoms with Gasteiger partial charge < -0.3 is 15.1 Å². The fourth-order valence-corrected chi connectivity index (χ4v) is 9.60. The van der Waals surface area contributed by atoms with Crippen molar-refractivity contribution in [3.8, 4) is 0 Å². The third-order valence-electron chi connectivity index (χ3n) is 11.3. The standard InChI is InChI=1S/C44H56N4O14S4/c1-32(12-11-27-49)46(6)24-23-45-42(50)18-8-7-13-33(14-9-16-40-43(2,3)36-30-34(65(57,58)59)19-21-38(36)47(40)25-28-63(51,52)53)15-10-17-41-44(4,5)37-31-35(66(60,61)62)20-22-39(37)48(41)26-29-64(54,55)56/h9-12,14-17,19-22,27,30-31H,1,7-8,13,18,23-26,28-29H2,2-6H3,(H4-,45,50,51,52,53,54,55,56,57,58,59,60,61,62)/p+1/b12-11-. The van der Waals surface area contributed by atoms with Crippen LogP contribution in [0, 0.1) is 0 Å². The molecule has 0 saturated heterocycles. The van der Waals surface area contributed by atoms with Crippen molar-refractivity contribution in [2.45, 2.75) is 74.0 Å². The minimum Gasteiger partial charge on any atom is -0.373 e. The van der Waals surface area contributed by atoms with Crippen molar-refractivity contribution in [1.82, 2.24) is 10.2 Å². The van der Waals surface area contributed by atoms with Gasteiger partial charge in [-0.3, -0.25) is 27.8 Å². The van der Waals surface area contributed by atoms with E-state index in [1.807, 2.05) is 0 Å². The van der Waals surface area contributed by atoms with Crippen LogP contribution < -0.4 is 10.2 Å². The maximum absolute atomic E-state index is 12.7. The summed E-state index contributed by atoms with van der Waals surface area (Å²) in [6.07, 6.45) is 15.7. The van der Waals surface area contributed by atoms with Crippen molar-refractivity contribution in [2.75, 3.05) is 49.6 Å². The summed E-state index contributed by atoms with van der Waals surface area (Å²) in [7, 11) is -16.2. The highest BCUT2D eigenvalue weighted by atomic mass is 32.2. The molecule has 2 aromatic carbocycles. The van der Waals surface area contributed by atoms with Gasteiger partial charge in [-0.2, -0.15) is 38.2 Å². The Hall–Kier alpha value is -5.07. The van der Waals surface area contributed by atoms with Crippen molar-refractivity contribution in [3.05, 3.63) is 120 Å². The van der Waals surface area contributed by atoms with Crippen molar-refractivity contribution < 1.29 is 66.0 Å². The highest BCUT2D eigenvalue weighted by Crippen LogP contribution is 2.48. The summed E-state index contributed by atoms with van der Waals surface area (Å²) in [5.41, 5.74) is 2.49. The third-order valence-corrected chi connectivity index (χ3v) is 14.4. The van der Waals surface area contributed by atoms with E-state index in [0.717, 1.165) is 5.57 Å². The second kappa shape index (κ2) is 21.3. The lowest BCUT2D eigenvalue weighted by atomic mass is 9.81. The van der Waals surface area contributed by atoms with Gasteiger partial charge in [0.05, 0.1) is 21.0 Å². The average Bonchev–Trinajstić information content (AvgIpc) is 3.55. The molecule has 1 amide bonds. The number of benzene rings is 2. The highest BCUT2D eigenvalue weighted by Gasteiger charge is 2.45. The first kappa shape index (κ1) is 53.5. The van der Waals surface area contributed by atoms with E-state index in [1.54, 1.807) is 91.7 Å². The summed E-state index contributed by atoms with van der Waals surface area (Å²) >= 11 is 0. The molecule has 0 saturated carbocycles. The number of allylic oxidation sites excluding steroid dienone is 10. The maximum Gasteiger partial charge on any atom is 0.294 e. The van der Waals surface area contributed by atoms with Crippen LogP contribution in [0.5, 0.6) is 0 Å². The van der Waals surface area contributed by atoms with Crippen LogP contribution in [0.15, 0.2) is 118 Å². The van der Waals surface area contributed by atoms with Gasteiger partial charge in [0.15, 0.2) is 12.3 Å². The van der Waals surface area contributed by atoms with Gasteiger partial charge in [0.1, 0.15) is 12.0 Å². The highest BCUT2D eigenvalue weighted by molar-refractivity contribution is 7.86. The van der Waals surface area contributed by atoms with Gasteiger partial charge in [0, 0.05) is 73.3 Å². The van der Waals surface area contributed by atoms with Crippen molar-refractivity contribution in [2.24, 2.45) is 0 Å². The summed E-state index contributed by atoms with van der Waals surface area (Å²) in [6.45, 7) is 11.5. The zero-order chi connectivity index (χ0) is 49.5. The van der Waals surface area contributed by atoms with Crippen LogP contribution in [0.4, 0.5) is 11.4 Å². The lowest BCUT2D eigenvalue weighted by molar-refractivity contribution is -0.432. The summed E-state index contributed by atoms with van der Waals surface area (Å²) < 4.78 is 136. The monoisotopic (exact) mass is 993 g/mol. The summed E-state index contributed by atoms with van der Waals surface area (Å²) in [6, 6.07) is 7.92. The lowest BCUT2D eigenvalue weighted by Gasteiger charge is -2.26. The number of unbranched alkanes of at least 4 members (excludes halogenated alkanes) is 1. The molecular formula is C44H57N4O14S4+. The van der Waals surface area contributed by atoms with Gasteiger partial charge in [0.25, 0.3) is 40.5 Å². The summed E-state index contributed by atoms with van der Waals surface area (Å²) in [5.74, 6) is -1.46. The Morgan fingerprint density at radius 1 is 0.803 bits per heavy atom. The number of aldehydes is 1. The van der Waals surface area contributed by atoms with Crippen LogP contribution in [0.2, 0.25) is 0 Å². The second-order valence-corrected chi connectivity index (χ2v) is 22.8. The number of carbonyl (C=O) groups excluding carboxylic acids is 2. The number of carbonyl (C=O) groups is 2. The molecule has 4 rings (SSSR count). The number of rotatable bonds is 23. The number of anilines is 1. The van der Waals surface area contributed by atoms with Crippen LogP contribution in [0.25, 0.3) is 0 Å². The zero-order valence-corrected chi connectivity index (χ0v) is 40.6. The molecule has 2 aliphatic heterocycles. The van der Waals surface area contributed by atoms with E-state index in [-0.39, 0.29) is 35.2 Å². The predicted molar refractivity (Wildman–Crippen MR) is 251 cm³/mol. The molecule has 2 aromatic rings. The van der Waals surface area contributed by atoms with Crippen molar-refractivity contribution >= 4 is 69.8 Å². The normalized spacial score (nSPS) is 17.0. The van der Waals surface area contributed by atoms with Crippen molar-refractivity contribution in [1.29, 1.82) is 0 Å². The fourth-order valence-electron chi connectivity index (χ4n) is 7.76. The fraction of sp³-hybridized carbons (Fsp3) is 0.386. The Labute approximate surface area is 387 Å². The topological polar surface area (TPSA) is 273 Å². The maximum atomic E-state index is 12.7. The predicted octanol–water partition coefficient (Wildman–Crippen LogP) is 4.93. The SMILES string of the molecule is C=C(/C=C\C=O)N(C)CCNC(=O)CCCCC(/C=C/C=C1/N(CCS(=O)(=O)O)c2ccc(S(=O)(=O)O)cc2C1(C)C)=C\C=C\C1=[N+](CCS(=O)(=O)O)c2ccc(S(=O)(=O)O)cc2C1(C)C. The Kier molecular flexibility index (Phi) is 17.3. The molecule has 66 heavy (non-hydrogen) atoms. The van der Waals surface area contributed by atoms with E-state index in [9.17, 15) is 61.5 Å². The van der Waals surface area contributed by atoms with Gasteiger partial charge in [-0.15, -0.1) is 0 Å². The van der Waals surface area contributed by atoms with E-state index in [1.165, 1.54) is 42.5 Å². The molecule has 0 aliphatic carbocycles. The van der Waals surface area contributed by atoms with E-state index < -0.39 is 62.8 Å². The minimum absolute atomic E-state index is 0.171. The molecule has 0 aromatic heterocycles. The minimum atomic E-state index is -4.58. The smallest absolute Gasteiger partial charge is 0.294 e. The number of hydrogen-bond donors (Lipinski definition) is 5. The molecule has 0 bridgehead atoms. The Morgan fingerprint density at radius 2 is 1.41 bits per heavy atom. The molecule has 2 aliphatic rings. The number of amides is 1. The van der Waals surface area contributed by atoms with Gasteiger partial charge >= 0.3 is 0 Å². The number of nitrogens with one attached hydrogen (secondary N) is 1. The van der Waals surface area contributed by atoms with Crippen molar-refractivity contribution in [3.63, 3.8) is 0 Å². The molecule has 5 N–H and O–H groups in total. The number of fused-ring (bicyclic) bond motifs is 2. The van der Waals surface area contributed by atoms with Crippen LogP contribution in [0.3, 0.4) is 0 Å².